The molecule has 2 heteroatoms. The first-order valence-corrected chi connectivity index (χ1v) is 21.1. The van der Waals surface area contributed by atoms with Gasteiger partial charge in [-0.05, 0) is 120 Å². The molecule has 0 fully saturated rings. The lowest BCUT2D eigenvalue weighted by molar-refractivity contribution is 0.488. The highest BCUT2D eigenvalue weighted by atomic mass is 16.5. The molecule has 0 saturated carbocycles. The van der Waals surface area contributed by atoms with Crippen molar-refractivity contribution in [2.45, 2.75) is 5.41 Å². The predicted molar refractivity (Wildman–Crippen MR) is 251 cm³/mol. The van der Waals surface area contributed by atoms with Gasteiger partial charge in [0.25, 0.3) is 0 Å². The maximum Gasteiger partial charge on any atom is 0.137 e. The second kappa shape index (κ2) is 13.0. The zero-order valence-electron chi connectivity index (χ0n) is 33.2. The molecule has 0 bridgehead atoms. The van der Waals surface area contributed by atoms with Crippen LogP contribution >= 0.6 is 0 Å². The summed E-state index contributed by atoms with van der Waals surface area (Å²) < 4.78 is 7.06. The predicted octanol–water partition coefficient (Wildman–Crippen LogP) is 15.8. The van der Waals surface area contributed by atoms with Crippen LogP contribution in [0.4, 0.5) is 17.1 Å². The first-order chi connectivity index (χ1) is 30.3. The Bertz CT molecular complexity index is 3350. The molecule has 10 aromatic carbocycles. The van der Waals surface area contributed by atoms with Gasteiger partial charge >= 0.3 is 0 Å². The van der Waals surface area contributed by atoms with E-state index in [-0.39, 0.29) is 0 Å². The molecule has 1 aliphatic heterocycles. The third-order valence-electron chi connectivity index (χ3n) is 13.3. The first-order valence-electron chi connectivity index (χ1n) is 21.1. The summed E-state index contributed by atoms with van der Waals surface area (Å²) in [6.45, 7) is 0. The summed E-state index contributed by atoms with van der Waals surface area (Å²) in [5.41, 5.74) is 20.1. The van der Waals surface area contributed by atoms with E-state index in [1.54, 1.807) is 0 Å². The quantitative estimate of drug-likeness (QED) is 0.177. The third-order valence-corrected chi connectivity index (χ3v) is 13.3. The van der Waals surface area contributed by atoms with Crippen molar-refractivity contribution < 1.29 is 4.74 Å². The maximum atomic E-state index is 7.06. The number of ether oxygens (including phenoxy) is 1. The van der Waals surface area contributed by atoms with E-state index in [0.717, 1.165) is 50.8 Å². The molecule has 1 heterocycles. The summed E-state index contributed by atoms with van der Waals surface area (Å²) in [7, 11) is 0. The van der Waals surface area contributed by atoms with Crippen LogP contribution in [0, 0.1) is 0 Å². The van der Waals surface area contributed by atoms with Crippen LogP contribution in [-0.2, 0) is 5.41 Å². The van der Waals surface area contributed by atoms with E-state index in [2.05, 4.69) is 229 Å². The highest BCUT2D eigenvalue weighted by molar-refractivity contribution is 6.07. The van der Waals surface area contributed by atoms with Crippen LogP contribution in [0.15, 0.2) is 224 Å². The SMILES string of the molecule is c1ccc(-c2ccc(N(c3ccc4c(c3)-c3ccccc3C43c4ccccc4-c4ccccc43)c3cccc4c3-c3ccccc3-c3c(ccc5ccccc35)O4)cc2)cc1. The van der Waals surface area contributed by atoms with Crippen LogP contribution in [0.3, 0.4) is 0 Å². The molecule has 2 nitrogen and oxygen atoms in total. The van der Waals surface area contributed by atoms with Crippen molar-refractivity contribution in [1.82, 2.24) is 0 Å². The maximum absolute atomic E-state index is 7.06. The number of hydrogen-bond donors (Lipinski definition) is 0. The number of rotatable bonds is 4. The molecule has 61 heavy (non-hydrogen) atoms. The lowest BCUT2D eigenvalue weighted by Crippen LogP contribution is -2.25. The minimum atomic E-state index is -0.412. The number of benzene rings is 10. The molecule has 0 atom stereocenters. The van der Waals surface area contributed by atoms with Gasteiger partial charge < -0.3 is 9.64 Å². The van der Waals surface area contributed by atoms with Gasteiger partial charge in [0.05, 0.1) is 11.1 Å². The van der Waals surface area contributed by atoms with E-state index >= 15 is 0 Å². The van der Waals surface area contributed by atoms with Crippen LogP contribution in [0.5, 0.6) is 11.5 Å². The van der Waals surface area contributed by atoms with E-state index in [1.165, 1.54) is 66.4 Å². The van der Waals surface area contributed by atoms with Crippen molar-refractivity contribution in [3.8, 4) is 67.1 Å². The Balaban J connectivity index is 1.07. The molecule has 0 aromatic heterocycles. The molecule has 10 aromatic rings. The normalized spacial score (nSPS) is 13.2. The van der Waals surface area contributed by atoms with E-state index in [4.69, 9.17) is 4.74 Å². The van der Waals surface area contributed by atoms with Crippen LogP contribution in [0.1, 0.15) is 22.3 Å². The van der Waals surface area contributed by atoms with Crippen LogP contribution in [0.25, 0.3) is 66.4 Å². The Morgan fingerprint density at radius 2 is 0.852 bits per heavy atom. The van der Waals surface area contributed by atoms with Crippen LogP contribution in [0.2, 0.25) is 0 Å². The summed E-state index contributed by atoms with van der Waals surface area (Å²) in [5.74, 6) is 1.69. The molecule has 0 amide bonds. The Hall–Kier alpha value is -7.94. The van der Waals surface area contributed by atoms with Crippen molar-refractivity contribution in [2.75, 3.05) is 4.90 Å². The van der Waals surface area contributed by atoms with Crippen molar-refractivity contribution in [3.05, 3.63) is 247 Å². The molecule has 3 aliphatic rings. The molecule has 0 N–H and O–H groups in total. The summed E-state index contributed by atoms with van der Waals surface area (Å²) in [6.07, 6.45) is 0. The molecule has 1 spiro atoms. The van der Waals surface area contributed by atoms with Crippen molar-refractivity contribution in [2.24, 2.45) is 0 Å². The lowest BCUT2D eigenvalue weighted by Gasteiger charge is -2.32. The van der Waals surface area contributed by atoms with Gasteiger partial charge in [-0.25, -0.2) is 0 Å². The summed E-state index contributed by atoms with van der Waals surface area (Å²) in [5, 5.41) is 2.37. The largest absolute Gasteiger partial charge is 0.456 e. The van der Waals surface area contributed by atoms with Gasteiger partial charge in [-0.15, -0.1) is 0 Å². The topological polar surface area (TPSA) is 12.5 Å². The Labute approximate surface area is 355 Å². The van der Waals surface area contributed by atoms with Gasteiger partial charge in [0.15, 0.2) is 0 Å². The molecule has 0 saturated heterocycles. The third kappa shape index (κ3) is 4.79. The fraction of sp³-hybridized carbons (Fsp3) is 0.0169. The zero-order valence-corrected chi connectivity index (χ0v) is 33.2. The van der Waals surface area contributed by atoms with E-state index in [0.29, 0.717) is 0 Å². The Morgan fingerprint density at radius 3 is 1.56 bits per heavy atom. The van der Waals surface area contributed by atoms with Crippen molar-refractivity contribution >= 4 is 27.8 Å². The fourth-order valence-electron chi connectivity index (χ4n) is 10.8. The summed E-state index contributed by atoms with van der Waals surface area (Å²) >= 11 is 0. The van der Waals surface area contributed by atoms with Crippen LogP contribution < -0.4 is 9.64 Å². The van der Waals surface area contributed by atoms with E-state index < -0.39 is 5.41 Å². The first kappa shape index (κ1) is 34.0. The van der Waals surface area contributed by atoms with Gasteiger partial charge in [0, 0.05) is 22.5 Å². The van der Waals surface area contributed by atoms with E-state index in [1.807, 2.05) is 0 Å². The molecule has 13 rings (SSSR count). The average molecular weight is 776 g/mol. The standard InChI is InChI=1S/C59H37NO/c1-2-15-38(16-3-1)39-29-32-41(33-30-39)60(54-27-14-28-55-58(54)48-23-7-6-22-47(48)57-43-18-5-4-17-40(43)31-36-56(57)61-55)42-34-35-53-49(37-42)46-21-10-13-26-52(46)59(53)50-24-11-8-19-44(50)45-20-9-12-25-51(45)59/h1-37H. The number of fused-ring (bicyclic) bond motifs is 17. The van der Waals surface area contributed by atoms with Gasteiger partial charge in [-0.2, -0.15) is 0 Å². The van der Waals surface area contributed by atoms with Gasteiger partial charge in [0.2, 0.25) is 0 Å². The van der Waals surface area contributed by atoms with Gasteiger partial charge in [0.1, 0.15) is 11.5 Å². The number of hydrogen-bond acceptors (Lipinski definition) is 2. The zero-order chi connectivity index (χ0) is 40.1. The Kier molecular flexibility index (Phi) is 7.26. The second-order valence-corrected chi connectivity index (χ2v) is 16.3. The van der Waals surface area contributed by atoms with E-state index in [9.17, 15) is 0 Å². The molecule has 2 aliphatic carbocycles. The Morgan fingerprint density at radius 1 is 0.328 bits per heavy atom. The summed E-state index contributed by atoms with van der Waals surface area (Å²) in [6, 6.07) is 82.1. The van der Waals surface area contributed by atoms with Crippen molar-refractivity contribution in [1.29, 1.82) is 0 Å². The highest BCUT2D eigenvalue weighted by Crippen LogP contribution is 2.63. The fourth-order valence-corrected chi connectivity index (χ4v) is 10.8. The summed E-state index contributed by atoms with van der Waals surface area (Å²) in [4.78, 5) is 2.44. The number of nitrogens with zero attached hydrogens (tertiary/aromatic N) is 1. The molecule has 0 radical (unpaired) electrons. The molecular formula is C59H37NO. The minimum absolute atomic E-state index is 0.412. The molecular weight excluding hydrogens is 739 g/mol. The smallest absolute Gasteiger partial charge is 0.137 e. The highest BCUT2D eigenvalue weighted by Gasteiger charge is 2.51. The average Bonchev–Trinajstić information content (AvgIpc) is 3.73. The number of anilines is 3. The van der Waals surface area contributed by atoms with Gasteiger partial charge in [-0.3, -0.25) is 0 Å². The second-order valence-electron chi connectivity index (χ2n) is 16.3. The monoisotopic (exact) mass is 775 g/mol. The lowest BCUT2D eigenvalue weighted by atomic mass is 9.70. The van der Waals surface area contributed by atoms with Gasteiger partial charge in [-0.1, -0.05) is 182 Å². The molecule has 284 valence electrons. The molecule has 0 unspecified atom stereocenters. The van der Waals surface area contributed by atoms with Crippen molar-refractivity contribution in [3.63, 3.8) is 0 Å². The van der Waals surface area contributed by atoms with Crippen LogP contribution in [-0.4, -0.2) is 0 Å². The minimum Gasteiger partial charge on any atom is -0.456 e.